The van der Waals surface area contributed by atoms with E-state index in [0.717, 1.165) is 32.2 Å². The topological polar surface area (TPSA) is 54.5 Å². The van der Waals surface area contributed by atoms with Crippen LogP contribution in [0.5, 0.6) is 0 Å². The molecule has 2 rings (SSSR count). The molecule has 0 atom stereocenters. The molecule has 0 saturated carbocycles. The molecule has 0 unspecified atom stereocenters. The Kier molecular flexibility index (Phi) is 3.77. The third-order valence-electron chi connectivity index (χ3n) is 2.97. The number of halogens is 1. The second kappa shape index (κ2) is 5.01. The lowest BCUT2D eigenvalue weighted by Crippen LogP contribution is -2.27. The van der Waals surface area contributed by atoms with Crippen molar-refractivity contribution in [2.24, 2.45) is 0 Å². The van der Waals surface area contributed by atoms with E-state index >= 15 is 0 Å². The maximum atomic E-state index is 12.1. The van der Waals surface area contributed by atoms with Crippen LogP contribution in [0.4, 0.5) is 0 Å². The Bertz CT molecular complexity index is 577. The van der Waals surface area contributed by atoms with Gasteiger partial charge in [0.1, 0.15) is 0 Å². The number of amides is 1. The zero-order valence-electron chi connectivity index (χ0n) is 10.0. The summed E-state index contributed by atoms with van der Waals surface area (Å²) in [6.45, 7) is 1.56. The lowest BCUT2D eigenvalue weighted by Gasteiger charge is -2.15. The molecule has 1 amide bonds. The van der Waals surface area contributed by atoms with Crippen LogP contribution in [0.2, 0.25) is 0 Å². The Labute approximate surface area is 115 Å². The van der Waals surface area contributed by atoms with Gasteiger partial charge in [-0.2, -0.15) is 0 Å². The minimum atomic E-state index is -3.27. The highest BCUT2D eigenvalue weighted by Gasteiger charge is 2.21. The number of hydrogen-bond donors (Lipinski definition) is 0. The minimum absolute atomic E-state index is 0.0340. The molecule has 1 aromatic carbocycles. The van der Waals surface area contributed by atoms with Gasteiger partial charge in [0, 0.05) is 29.4 Å². The second-order valence-electron chi connectivity index (χ2n) is 4.42. The van der Waals surface area contributed by atoms with E-state index in [2.05, 4.69) is 15.9 Å². The van der Waals surface area contributed by atoms with Gasteiger partial charge in [0.15, 0.2) is 9.84 Å². The molecule has 98 valence electrons. The van der Waals surface area contributed by atoms with Gasteiger partial charge in [-0.25, -0.2) is 8.42 Å². The first-order valence-electron chi connectivity index (χ1n) is 5.68. The third-order valence-corrected chi connectivity index (χ3v) is 5.05. The SMILES string of the molecule is CS(=O)(=O)c1ccc(C(=O)N2CCCC2)cc1Br. The Morgan fingerprint density at radius 1 is 1.28 bits per heavy atom. The number of rotatable bonds is 2. The molecule has 1 aromatic rings. The first-order valence-corrected chi connectivity index (χ1v) is 8.37. The van der Waals surface area contributed by atoms with Gasteiger partial charge in [-0.05, 0) is 47.0 Å². The van der Waals surface area contributed by atoms with Crippen LogP contribution < -0.4 is 0 Å². The van der Waals surface area contributed by atoms with E-state index in [9.17, 15) is 13.2 Å². The summed E-state index contributed by atoms with van der Waals surface area (Å²) < 4.78 is 23.4. The van der Waals surface area contributed by atoms with Crippen LogP contribution in [-0.4, -0.2) is 38.6 Å². The van der Waals surface area contributed by atoms with E-state index < -0.39 is 9.84 Å². The van der Waals surface area contributed by atoms with E-state index in [1.807, 2.05) is 0 Å². The smallest absolute Gasteiger partial charge is 0.253 e. The lowest BCUT2D eigenvalue weighted by atomic mass is 10.2. The number of carbonyl (C=O) groups is 1. The predicted octanol–water partition coefficient (Wildman–Crippen LogP) is 2.09. The summed E-state index contributed by atoms with van der Waals surface area (Å²) in [6, 6.07) is 4.63. The molecule has 0 aromatic heterocycles. The van der Waals surface area contributed by atoms with Crippen molar-refractivity contribution in [1.82, 2.24) is 4.90 Å². The summed E-state index contributed by atoms with van der Waals surface area (Å²) in [5.41, 5.74) is 0.524. The summed E-state index contributed by atoms with van der Waals surface area (Å²) in [5, 5.41) is 0. The van der Waals surface area contributed by atoms with Crippen molar-refractivity contribution in [3.8, 4) is 0 Å². The molecule has 1 heterocycles. The molecule has 6 heteroatoms. The zero-order chi connectivity index (χ0) is 13.3. The Morgan fingerprint density at radius 3 is 2.39 bits per heavy atom. The fraction of sp³-hybridized carbons (Fsp3) is 0.417. The first-order chi connectivity index (χ1) is 8.39. The minimum Gasteiger partial charge on any atom is -0.339 e. The molecule has 1 fully saturated rings. The van der Waals surface area contributed by atoms with Crippen molar-refractivity contribution in [2.45, 2.75) is 17.7 Å². The lowest BCUT2D eigenvalue weighted by molar-refractivity contribution is 0.0792. The molecule has 1 aliphatic rings. The summed E-state index contributed by atoms with van der Waals surface area (Å²) in [5.74, 6) is -0.0340. The van der Waals surface area contributed by atoms with Crippen molar-refractivity contribution >= 4 is 31.7 Å². The summed E-state index contributed by atoms with van der Waals surface area (Å²) in [6.07, 6.45) is 3.22. The van der Waals surface area contributed by atoms with Crippen molar-refractivity contribution in [1.29, 1.82) is 0 Å². The molecule has 1 aliphatic heterocycles. The zero-order valence-corrected chi connectivity index (χ0v) is 12.4. The average molecular weight is 332 g/mol. The van der Waals surface area contributed by atoms with Gasteiger partial charge in [-0.3, -0.25) is 4.79 Å². The number of hydrogen-bond acceptors (Lipinski definition) is 3. The number of benzene rings is 1. The van der Waals surface area contributed by atoms with Gasteiger partial charge >= 0.3 is 0 Å². The molecular formula is C12H14BrNO3S. The van der Waals surface area contributed by atoms with Crippen LogP contribution >= 0.6 is 15.9 Å². The van der Waals surface area contributed by atoms with Gasteiger partial charge in [0.2, 0.25) is 0 Å². The standard InChI is InChI=1S/C12H14BrNO3S/c1-18(16,17)11-5-4-9(8-10(11)13)12(15)14-6-2-3-7-14/h4-5,8H,2-3,6-7H2,1H3. The molecule has 18 heavy (non-hydrogen) atoms. The molecule has 0 spiro atoms. The largest absolute Gasteiger partial charge is 0.339 e. The second-order valence-corrected chi connectivity index (χ2v) is 7.26. The van der Waals surface area contributed by atoms with Crippen LogP contribution in [0, 0.1) is 0 Å². The maximum absolute atomic E-state index is 12.1. The molecule has 0 N–H and O–H groups in total. The molecule has 1 saturated heterocycles. The summed E-state index contributed by atoms with van der Waals surface area (Å²) >= 11 is 3.21. The highest BCUT2D eigenvalue weighted by molar-refractivity contribution is 9.10. The predicted molar refractivity (Wildman–Crippen MR) is 72.4 cm³/mol. The van der Waals surface area contributed by atoms with Gasteiger partial charge in [-0.15, -0.1) is 0 Å². The third kappa shape index (κ3) is 2.75. The number of carbonyl (C=O) groups excluding carboxylic acids is 1. The van der Waals surface area contributed by atoms with Crippen LogP contribution in [0.15, 0.2) is 27.6 Å². The maximum Gasteiger partial charge on any atom is 0.253 e. The van der Waals surface area contributed by atoms with Crippen molar-refractivity contribution in [3.63, 3.8) is 0 Å². The highest BCUT2D eigenvalue weighted by Crippen LogP contribution is 2.24. The fourth-order valence-corrected chi connectivity index (χ4v) is 4.03. The van der Waals surface area contributed by atoms with Crippen LogP contribution in [0.1, 0.15) is 23.2 Å². The van der Waals surface area contributed by atoms with Crippen molar-refractivity contribution in [3.05, 3.63) is 28.2 Å². The molecule has 0 radical (unpaired) electrons. The first kappa shape index (κ1) is 13.5. The number of sulfone groups is 1. The monoisotopic (exact) mass is 331 g/mol. The molecular weight excluding hydrogens is 318 g/mol. The number of likely N-dealkylation sites (tertiary alicyclic amines) is 1. The normalized spacial score (nSPS) is 16.0. The Hall–Kier alpha value is -0.880. The quantitative estimate of drug-likeness (QED) is 0.833. The van der Waals surface area contributed by atoms with Crippen molar-refractivity contribution in [2.75, 3.05) is 19.3 Å². The van der Waals surface area contributed by atoms with Gasteiger partial charge < -0.3 is 4.90 Å². The van der Waals surface area contributed by atoms with E-state index in [1.165, 1.54) is 6.07 Å². The van der Waals surface area contributed by atoms with Crippen LogP contribution in [0.3, 0.4) is 0 Å². The van der Waals surface area contributed by atoms with Crippen molar-refractivity contribution < 1.29 is 13.2 Å². The van der Waals surface area contributed by atoms with E-state index in [1.54, 1.807) is 17.0 Å². The van der Waals surface area contributed by atoms with Gasteiger partial charge in [0.25, 0.3) is 5.91 Å². The fourth-order valence-electron chi connectivity index (χ4n) is 2.04. The van der Waals surface area contributed by atoms with E-state index in [-0.39, 0.29) is 10.8 Å². The van der Waals surface area contributed by atoms with Gasteiger partial charge in [-0.1, -0.05) is 0 Å². The highest BCUT2D eigenvalue weighted by atomic mass is 79.9. The Morgan fingerprint density at radius 2 is 1.89 bits per heavy atom. The Balaban J connectivity index is 2.31. The van der Waals surface area contributed by atoms with E-state index in [4.69, 9.17) is 0 Å². The van der Waals surface area contributed by atoms with Crippen LogP contribution in [-0.2, 0) is 9.84 Å². The summed E-state index contributed by atoms with van der Waals surface area (Å²) in [4.78, 5) is 14.1. The molecule has 0 bridgehead atoms. The summed E-state index contributed by atoms with van der Waals surface area (Å²) in [7, 11) is -3.27. The average Bonchev–Trinajstić information content (AvgIpc) is 2.79. The van der Waals surface area contributed by atoms with Gasteiger partial charge in [0.05, 0.1) is 4.90 Å². The van der Waals surface area contributed by atoms with E-state index in [0.29, 0.717) is 10.0 Å². The van der Waals surface area contributed by atoms with Crippen LogP contribution in [0.25, 0.3) is 0 Å². The number of nitrogens with zero attached hydrogens (tertiary/aromatic N) is 1. The molecule has 0 aliphatic carbocycles. The molecule has 4 nitrogen and oxygen atoms in total.